The molecule has 0 aliphatic heterocycles. The van der Waals surface area contributed by atoms with E-state index in [1.54, 1.807) is 0 Å². The zero-order chi connectivity index (χ0) is 23.3. The van der Waals surface area contributed by atoms with Crippen molar-refractivity contribution in [2.45, 2.75) is 26.9 Å². The number of hydrogen-bond acceptors (Lipinski definition) is 5. The summed E-state index contributed by atoms with van der Waals surface area (Å²) in [6.07, 6.45) is -1.47. The quantitative estimate of drug-likeness (QED) is 0.290. The molecule has 31 heavy (non-hydrogen) atoms. The molecule has 1 heterocycles. The van der Waals surface area contributed by atoms with E-state index in [0.29, 0.717) is 11.3 Å². The van der Waals surface area contributed by atoms with E-state index in [1.807, 2.05) is 45.0 Å². The summed E-state index contributed by atoms with van der Waals surface area (Å²) in [6, 6.07) is 10.3. The van der Waals surface area contributed by atoms with Crippen molar-refractivity contribution in [3.05, 3.63) is 77.0 Å². The molecule has 166 valence electrons. The van der Waals surface area contributed by atoms with E-state index in [-0.39, 0.29) is 22.1 Å². The lowest BCUT2D eigenvalue weighted by molar-refractivity contribution is -0.140. The molecule has 0 aliphatic rings. The van der Waals surface area contributed by atoms with Gasteiger partial charge in [-0.15, -0.1) is 0 Å². The maximum absolute atomic E-state index is 13.0. The number of imidazole rings is 1. The van der Waals surface area contributed by atoms with Gasteiger partial charge in [0.15, 0.2) is 5.69 Å². The second kappa shape index (κ2) is 9.76. The SMILES string of the molecule is CC.Cc1ccc(/C(=C/N)N(N)c2cc(N)cc(Cl)c2-n2cnc(C(F)(F)F)c2)cc1. The Bertz CT molecular complexity index is 1060. The Morgan fingerprint density at radius 1 is 1.16 bits per heavy atom. The molecule has 6 N–H and O–H groups in total. The molecule has 0 unspecified atom stereocenters. The molecule has 10 heteroatoms. The lowest BCUT2D eigenvalue weighted by Crippen LogP contribution is -2.31. The van der Waals surface area contributed by atoms with Gasteiger partial charge in [-0.3, -0.25) is 5.01 Å². The van der Waals surface area contributed by atoms with Crippen molar-refractivity contribution in [1.82, 2.24) is 9.55 Å². The highest BCUT2D eigenvalue weighted by Gasteiger charge is 2.34. The maximum atomic E-state index is 13.0. The van der Waals surface area contributed by atoms with Crippen molar-refractivity contribution in [1.29, 1.82) is 0 Å². The average molecular weight is 453 g/mol. The fourth-order valence-electron chi connectivity index (χ4n) is 2.81. The minimum absolute atomic E-state index is 0.0989. The largest absolute Gasteiger partial charge is 0.434 e. The Hall–Kier alpha value is -3.17. The van der Waals surface area contributed by atoms with Crippen molar-refractivity contribution in [2.75, 3.05) is 10.7 Å². The first-order valence-corrected chi connectivity index (χ1v) is 9.74. The van der Waals surface area contributed by atoms with Crippen LogP contribution in [0, 0.1) is 6.92 Å². The molecule has 2 aromatic carbocycles. The van der Waals surface area contributed by atoms with Gasteiger partial charge in [0.1, 0.15) is 0 Å². The van der Waals surface area contributed by atoms with Gasteiger partial charge < -0.3 is 16.0 Å². The van der Waals surface area contributed by atoms with Gasteiger partial charge in [0.05, 0.1) is 28.4 Å². The van der Waals surface area contributed by atoms with Gasteiger partial charge >= 0.3 is 6.18 Å². The van der Waals surface area contributed by atoms with Crippen molar-refractivity contribution in [2.24, 2.45) is 11.6 Å². The first-order chi connectivity index (χ1) is 14.6. The molecule has 0 atom stereocenters. The standard InChI is InChI=1S/C19H18ClF3N6.C2H6/c1-11-2-4-12(5-3-11)16(8-24)29(26)15-7-13(25)6-14(20)18(15)28-9-17(27-10-28)19(21,22)23;1-2/h2-10H,24-26H2,1H3;1-2H3/b16-8-;. The van der Waals surface area contributed by atoms with Crippen LogP contribution in [0.5, 0.6) is 0 Å². The molecule has 0 amide bonds. The number of hydrazine groups is 1. The normalized spacial score (nSPS) is 11.7. The van der Waals surface area contributed by atoms with Crippen LogP contribution in [0.3, 0.4) is 0 Å². The number of aromatic nitrogens is 2. The second-order valence-corrected chi connectivity index (χ2v) is 6.73. The van der Waals surface area contributed by atoms with E-state index >= 15 is 0 Å². The van der Waals surface area contributed by atoms with E-state index in [0.717, 1.165) is 22.7 Å². The first-order valence-electron chi connectivity index (χ1n) is 9.36. The highest BCUT2D eigenvalue weighted by Crippen LogP contribution is 2.37. The number of nitrogens with zero attached hydrogens (tertiary/aromatic N) is 3. The lowest BCUT2D eigenvalue weighted by atomic mass is 10.1. The monoisotopic (exact) mass is 452 g/mol. The van der Waals surface area contributed by atoms with Crippen LogP contribution in [0.15, 0.2) is 55.1 Å². The molecule has 0 spiro atoms. The van der Waals surface area contributed by atoms with Crippen LogP contribution >= 0.6 is 11.6 Å². The topological polar surface area (TPSA) is 99.1 Å². The summed E-state index contributed by atoms with van der Waals surface area (Å²) in [5.41, 5.74) is 13.5. The third-order valence-electron chi connectivity index (χ3n) is 4.22. The highest BCUT2D eigenvalue weighted by molar-refractivity contribution is 6.33. The molecule has 0 saturated heterocycles. The summed E-state index contributed by atoms with van der Waals surface area (Å²) < 4.78 is 40.1. The van der Waals surface area contributed by atoms with Crippen molar-refractivity contribution < 1.29 is 13.2 Å². The molecule has 1 aromatic heterocycles. The lowest BCUT2D eigenvalue weighted by Gasteiger charge is -2.26. The minimum Gasteiger partial charge on any atom is -0.403 e. The number of hydrogen-bond donors (Lipinski definition) is 3. The number of aryl methyl sites for hydroxylation is 1. The average Bonchev–Trinajstić information content (AvgIpc) is 3.21. The summed E-state index contributed by atoms with van der Waals surface area (Å²) in [5.74, 6) is 6.30. The summed E-state index contributed by atoms with van der Waals surface area (Å²) in [5, 5.41) is 1.32. The maximum Gasteiger partial charge on any atom is 0.434 e. The highest BCUT2D eigenvalue weighted by atomic mass is 35.5. The van der Waals surface area contributed by atoms with Crippen molar-refractivity contribution in [3.8, 4) is 5.69 Å². The first kappa shape index (κ1) is 24.1. The Labute approximate surface area is 183 Å². The van der Waals surface area contributed by atoms with E-state index in [1.165, 1.54) is 23.3 Å². The summed E-state index contributed by atoms with van der Waals surface area (Å²) in [4.78, 5) is 3.41. The van der Waals surface area contributed by atoms with Gasteiger partial charge in [0.2, 0.25) is 0 Å². The summed E-state index contributed by atoms with van der Waals surface area (Å²) >= 11 is 6.31. The van der Waals surface area contributed by atoms with Gasteiger partial charge in [-0.05, 0) is 19.1 Å². The van der Waals surface area contributed by atoms with E-state index in [9.17, 15) is 13.2 Å². The molecule has 3 aromatic rings. The fourth-order valence-corrected chi connectivity index (χ4v) is 3.13. The number of rotatable bonds is 4. The molecule has 3 rings (SSSR count). The van der Waals surface area contributed by atoms with Gasteiger partial charge in [0, 0.05) is 23.6 Å². The molecular formula is C21H24ClF3N6. The molecule has 0 fully saturated rings. The Kier molecular flexibility index (Phi) is 7.59. The third-order valence-corrected chi connectivity index (χ3v) is 4.51. The van der Waals surface area contributed by atoms with E-state index < -0.39 is 11.9 Å². The van der Waals surface area contributed by atoms with Crippen LogP contribution in [-0.4, -0.2) is 9.55 Å². The van der Waals surface area contributed by atoms with Gasteiger partial charge in [-0.1, -0.05) is 55.3 Å². The summed E-state index contributed by atoms with van der Waals surface area (Å²) in [7, 11) is 0. The van der Waals surface area contributed by atoms with Crippen LogP contribution in [0.4, 0.5) is 24.5 Å². The van der Waals surface area contributed by atoms with Crippen molar-refractivity contribution in [3.63, 3.8) is 0 Å². The third kappa shape index (κ3) is 5.31. The van der Waals surface area contributed by atoms with Crippen LogP contribution < -0.4 is 22.3 Å². The smallest absolute Gasteiger partial charge is 0.403 e. The second-order valence-electron chi connectivity index (χ2n) is 6.32. The molecular weight excluding hydrogens is 429 g/mol. The number of halogens is 4. The minimum atomic E-state index is -4.60. The summed E-state index contributed by atoms with van der Waals surface area (Å²) in [6.45, 7) is 5.93. The molecule has 0 aliphatic carbocycles. The fraction of sp³-hybridized carbons (Fsp3) is 0.190. The van der Waals surface area contributed by atoms with Crippen molar-refractivity contribution >= 4 is 28.7 Å². The van der Waals surface area contributed by atoms with Gasteiger partial charge in [0.25, 0.3) is 0 Å². The number of alkyl halides is 3. The Balaban J connectivity index is 0.00000166. The zero-order valence-corrected chi connectivity index (χ0v) is 18.0. The molecule has 6 nitrogen and oxygen atoms in total. The predicted molar refractivity (Wildman–Crippen MR) is 119 cm³/mol. The molecule has 0 bridgehead atoms. The Morgan fingerprint density at radius 2 is 1.77 bits per heavy atom. The predicted octanol–water partition coefficient (Wildman–Crippen LogP) is 5.10. The Morgan fingerprint density at radius 3 is 2.29 bits per heavy atom. The number of benzene rings is 2. The van der Waals surface area contributed by atoms with E-state index in [2.05, 4.69) is 4.98 Å². The van der Waals surface area contributed by atoms with Crippen LogP contribution in [0.1, 0.15) is 30.7 Å². The van der Waals surface area contributed by atoms with Gasteiger partial charge in [-0.2, -0.15) is 13.2 Å². The number of anilines is 2. The van der Waals surface area contributed by atoms with Crippen LogP contribution in [-0.2, 0) is 6.18 Å². The van der Waals surface area contributed by atoms with Gasteiger partial charge in [-0.25, -0.2) is 10.8 Å². The molecule has 0 radical (unpaired) electrons. The van der Waals surface area contributed by atoms with Crippen LogP contribution in [0.25, 0.3) is 11.4 Å². The number of nitrogen functional groups attached to an aromatic ring is 1. The van der Waals surface area contributed by atoms with E-state index in [4.69, 9.17) is 28.9 Å². The molecule has 0 saturated carbocycles. The van der Waals surface area contributed by atoms with Crippen LogP contribution in [0.2, 0.25) is 5.02 Å². The zero-order valence-electron chi connectivity index (χ0n) is 17.3. The number of nitrogens with two attached hydrogens (primary N) is 3.